The summed E-state index contributed by atoms with van der Waals surface area (Å²) in [6, 6.07) is 17.2. The normalized spacial score (nSPS) is 23.3. The smallest absolute Gasteiger partial charge is 0.335 e. The van der Waals surface area contributed by atoms with Gasteiger partial charge in [0, 0.05) is 32.0 Å². The number of hydrogen-bond acceptors (Lipinski definition) is 8. The highest BCUT2D eigenvalue weighted by Gasteiger charge is 2.49. The summed E-state index contributed by atoms with van der Waals surface area (Å²) in [5, 5.41) is 10.1. The third kappa shape index (κ3) is 5.43. The number of benzene rings is 2. The predicted octanol–water partition coefficient (Wildman–Crippen LogP) is 2.45. The molecule has 198 valence electrons. The molecule has 0 spiro atoms. The van der Waals surface area contributed by atoms with Crippen molar-refractivity contribution in [1.82, 2.24) is 25.6 Å². The van der Waals surface area contributed by atoms with Gasteiger partial charge in [-0.05, 0) is 62.1 Å². The van der Waals surface area contributed by atoms with E-state index in [1.165, 1.54) is 5.01 Å². The molecule has 2 aromatic rings. The number of nitrogens with zero attached hydrogens (tertiary/aromatic N) is 3. The third-order valence-electron chi connectivity index (χ3n) is 7.52. The number of carbonyl (C=O) groups excluding carboxylic acids is 1. The van der Waals surface area contributed by atoms with Gasteiger partial charge in [-0.25, -0.2) is 15.6 Å². The number of carbonyl (C=O) groups is 1. The van der Waals surface area contributed by atoms with Crippen molar-refractivity contribution in [3.63, 3.8) is 0 Å². The average Bonchev–Trinajstić information content (AvgIpc) is 3.19. The number of ether oxygens (including phenoxy) is 2. The number of hydrazine groups is 2. The molecule has 2 unspecified atom stereocenters. The van der Waals surface area contributed by atoms with Crippen LogP contribution in [0.3, 0.4) is 0 Å². The van der Waals surface area contributed by atoms with Gasteiger partial charge in [0.1, 0.15) is 17.8 Å². The molecule has 3 heterocycles. The highest BCUT2D eigenvalue weighted by atomic mass is 16.5. The van der Waals surface area contributed by atoms with E-state index in [-0.39, 0.29) is 30.9 Å². The Bertz CT molecular complexity index is 1100. The number of likely N-dealkylation sites (tertiary alicyclic amines) is 1. The van der Waals surface area contributed by atoms with Crippen LogP contribution < -0.4 is 27.1 Å². The Kier molecular flexibility index (Phi) is 7.36. The number of nitrogens with one attached hydrogen (secondary N) is 2. The van der Waals surface area contributed by atoms with Crippen LogP contribution in [0.4, 0.5) is 4.79 Å². The Morgan fingerprint density at radius 1 is 1.08 bits per heavy atom. The predicted molar refractivity (Wildman–Crippen MR) is 141 cm³/mol. The van der Waals surface area contributed by atoms with Crippen molar-refractivity contribution in [1.29, 1.82) is 0 Å². The molecule has 2 atom stereocenters. The summed E-state index contributed by atoms with van der Waals surface area (Å²) < 4.78 is 11.3. The maximum Gasteiger partial charge on any atom is 0.335 e. The van der Waals surface area contributed by atoms with Crippen LogP contribution >= 0.6 is 0 Å². The molecule has 2 amide bonds. The lowest BCUT2D eigenvalue weighted by Gasteiger charge is -2.41. The molecular formula is C27H37N7O3. The van der Waals surface area contributed by atoms with Crippen LogP contribution in [0, 0.1) is 0 Å². The van der Waals surface area contributed by atoms with E-state index in [0.29, 0.717) is 6.54 Å². The number of hydrogen-bond donors (Lipinski definition) is 4. The van der Waals surface area contributed by atoms with Gasteiger partial charge in [0.15, 0.2) is 0 Å². The molecule has 3 aliphatic heterocycles. The summed E-state index contributed by atoms with van der Waals surface area (Å²) in [6.45, 7) is 6.33. The Hall–Kier alpha value is -3.15. The van der Waals surface area contributed by atoms with Crippen LogP contribution in [0.25, 0.3) is 0 Å². The van der Waals surface area contributed by atoms with Crippen LogP contribution in [-0.4, -0.2) is 64.6 Å². The molecular weight excluding hydrogens is 470 g/mol. The Balaban J connectivity index is 1.20. The Morgan fingerprint density at radius 2 is 1.76 bits per heavy atom. The fourth-order valence-corrected chi connectivity index (χ4v) is 5.31. The number of nitrogens with two attached hydrogens (primary N) is 2. The van der Waals surface area contributed by atoms with Crippen LogP contribution in [0.15, 0.2) is 66.4 Å². The van der Waals surface area contributed by atoms with Gasteiger partial charge in [-0.15, -0.1) is 0 Å². The Labute approximate surface area is 218 Å². The Morgan fingerprint density at radius 3 is 2.46 bits per heavy atom. The standard InChI is InChI=1S/C27H37N7O3/c1-27(2)23-16-30-25(34(29)20-12-14-36-15-13-20)31-24(23)18-32(27)26(35)33(28)17-19-8-10-22(11-9-19)37-21-6-4-3-5-7-21/h3-11,16,20,24-25,30-31H,12-15,17-18,28-29H2,1-2H3. The minimum atomic E-state index is -0.504. The molecule has 10 heteroatoms. The van der Waals surface area contributed by atoms with E-state index in [1.54, 1.807) is 0 Å². The van der Waals surface area contributed by atoms with Crippen LogP contribution in [0.5, 0.6) is 11.5 Å². The first kappa shape index (κ1) is 25.5. The summed E-state index contributed by atoms with van der Waals surface area (Å²) >= 11 is 0. The van der Waals surface area contributed by atoms with E-state index in [9.17, 15) is 4.79 Å². The van der Waals surface area contributed by atoms with Crippen molar-refractivity contribution < 1.29 is 14.3 Å². The molecule has 0 aromatic heterocycles. The molecule has 0 aliphatic carbocycles. The number of rotatable bonds is 6. The van der Waals surface area contributed by atoms with Gasteiger partial charge in [-0.1, -0.05) is 30.3 Å². The molecule has 2 saturated heterocycles. The van der Waals surface area contributed by atoms with Gasteiger partial charge in [-0.2, -0.15) is 0 Å². The fraction of sp³-hybridized carbons (Fsp3) is 0.444. The monoisotopic (exact) mass is 507 g/mol. The molecule has 0 bridgehead atoms. The maximum absolute atomic E-state index is 13.5. The van der Waals surface area contributed by atoms with E-state index in [1.807, 2.05) is 84.6 Å². The minimum Gasteiger partial charge on any atom is -0.457 e. The van der Waals surface area contributed by atoms with E-state index < -0.39 is 5.54 Å². The molecule has 10 nitrogen and oxygen atoms in total. The third-order valence-corrected chi connectivity index (χ3v) is 7.52. The number of urea groups is 1. The highest BCUT2D eigenvalue weighted by molar-refractivity contribution is 5.76. The van der Waals surface area contributed by atoms with Gasteiger partial charge in [0.25, 0.3) is 0 Å². The molecule has 37 heavy (non-hydrogen) atoms. The second-order valence-corrected chi connectivity index (χ2v) is 10.3. The average molecular weight is 508 g/mol. The highest BCUT2D eigenvalue weighted by Crippen LogP contribution is 2.36. The number of fused-ring (bicyclic) bond motifs is 1. The van der Waals surface area contributed by atoms with Crippen molar-refractivity contribution >= 4 is 6.03 Å². The van der Waals surface area contributed by atoms with E-state index >= 15 is 0 Å². The van der Waals surface area contributed by atoms with E-state index in [0.717, 1.165) is 48.7 Å². The second-order valence-electron chi connectivity index (χ2n) is 10.3. The SMILES string of the molecule is CC1(C)C2=CNC(N(N)C3CCOCC3)NC2CN1C(=O)N(N)Cc1ccc(Oc2ccccc2)cc1. The van der Waals surface area contributed by atoms with Crippen LogP contribution in [-0.2, 0) is 11.3 Å². The summed E-state index contributed by atoms with van der Waals surface area (Å²) in [5.41, 5.74) is 1.52. The van der Waals surface area contributed by atoms with Crippen molar-refractivity contribution in [2.45, 2.75) is 57.1 Å². The van der Waals surface area contributed by atoms with Crippen molar-refractivity contribution in [2.24, 2.45) is 11.7 Å². The molecule has 0 saturated carbocycles. The molecule has 0 radical (unpaired) electrons. The van der Waals surface area contributed by atoms with E-state index in [2.05, 4.69) is 10.6 Å². The number of amides is 2. The second kappa shape index (κ2) is 10.7. The van der Waals surface area contributed by atoms with Gasteiger partial charge >= 0.3 is 6.03 Å². The fourth-order valence-electron chi connectivity index (χ4n) is 5.31. The lowest BCUT2D eigenvalue weighted by atomic mass is 9.92. The van der Waals surface area contributed by atoms with Crippen LogP contribution in [0.1, 0.15) is 32.3 Å². The van der Waals surface area contributed by atoms with E-state index in [4.69, 9.17) is 21.2 Å². The van der Waals surface area contributed by atoms with Crippen molar-refractivity contribution in [2.75, 3.05) is 19.8 Å². The summed E-state index contributed by atoms with van der Waals surface area (Å²) in [5.74, 6) is 14.2. The molecule has 5 rings (SSSR count). The van der Waals surface area contributed by atoms with Crippen molar-refractivity contribution in [3.05, 3.63) is 71.9 Å². The maximum atomic E-state index is 13.5. The first-order valence-electron chi connectivity index (χ1n) is 12.8. The van der Waals surface area contributed by atoms with Gasteiger partial charge in [0.05, 0.1) is 18.1 Å². The molecule has 2 fully saturated rings. The quantitative estimate of drug-likeness (QED) is 0.267. The lowest BCUT2D eigenvalue weighted by Crippen LogP contribution is -2.65. The zero-order chi connectivity index (χ0) is 26.0. The van der Waals surface area contributed by atoms with Gasteiger partial charge in [-0.3, -0.25) is 16.2 Å². The first-order chi connectivity index (χ1) is 17.8. The number of para-hydroxylation sites is 1. The van der Waals surface area contributed by atoms with Gasteiger partial charge in [0.2, 0.25) is 0 Å². The summed E-state index contributed by atoms with van der Waals surface area (Å²) in [6.07, 6.45) is 3.59. The lowest BCUT2D eigenvalue weighted by molar-refractivity contribution is 0.000441. The zero-order valence-electron chi connectivity index (χ0n) is 21.5. The minimum absolute atomic E-state index is 0.0149. The molecule has 2 aromatic carbocycles. The molecule has 6 N–H and O–H groups in total. The largest absolute Gasteiger partial charge is 0.457 e. The first-order valence-corrected chi connectivity index (χ1v) is 12.8. The zero-order valence-corrected chi connectivity index (χ0v) is 21.5. The molecule has 3 aliphatic rings. The topological polar surface area (TPSA) is 121 Å². The van der Waals surface area contributed by atoms with Crippen molar-refractivity contribution in [3.8, 4) is 11.5 Å². The summed E-state index contributed by atoms with van der Waals surface area (Å²) in [7, 11) is 0. The van der Waals surface area contributed by atoms with Crippen LogP contribution in [0.2, 0.25) is 0 Å². The van der Waals surface area contributed by atoms with Gasteiger partial charge < -0.3 is 19.7 Å². The summed E-state index contributed by atoms with van der Waals surface area (Å²) in [4.78, 5) is 15.3.